The van der Waals surface area contributed by atoms with Gasteiger partial charge < -0.3 is 0 Å². The van der Waals surface area contributed by atoms with Gasteiger partial charge in [0.05, 0.1) is 49.2 Å². The summed E-state index contributed by atoms with van der Waals surface area (Å²) in [7, 11) is 0. The number of nitrogens with zero attached hydrogens (tertiary/aromatic N) is 10. The zero-order valence-electron chi connectivity index (χ0n) is 17.6. The third-order valence-electron chi connectivity index (χ3n) is 10.6. The minimum Gasteiger partial charge on any atom is -0.263 e. The van der Waals surface area contributed by atoms with Gasteiger partial charge >= 0.3 is 55.4 Å². The molecule has 5 aliphatic rings. The first-order valence-corrected chi connectivity index (χ1v) is 9.64. The Bertz CT molecular complexity index is 1180. The van der Waals surface area contributed by atoms with Crippen molar-refractivity contribution in [3.8, 4) is 0 Å². The molecule has 0 aromatic heterocycles. The van der Waals surface area contributed by atoms with E-state index >= 15 is 0 Å². The van der Waals surface area contributed by atoms with Crippen LogP contribution in [0.2, 0.25) is 0 Å². The summed E-state index contributed by atoms with van der Waals surface area (Å²) in [5.74, 6) is 0. The Morgan fingerprint density at radius 3 is 0.275 bits per heavy atom. The molecule has 0 amide bonds. The van der Waals surface area contributed by atoms with E-state index in [0.29, 0.717) is 0 Å². The molecule has 40 heavy (non-hydrogen) atoms. The SMILES string of the molecule is O=[N+]([O-])C12C3([N+](=O)[O-])C4([N+](=O)[O-])C1([N+](=O)[O-])C1([N+](=O)[O-])C2([N+](=O)[O-])C2([N+](=O)[O-])C3([N+](=O)[O-])C4([N+](=O)[O-])C12[N+](=O)[O-]. The molecule has 5 aliphatic carbocycles. The highest BCUT2D eigenvalue weighted by molar-refractivity contribution is 5.94. The molecule has 0 aliphatic heterocycles. The van der Waals surface area contributed by atoms with Crippen LogP contribution < -0.4 is 0 Å². The highest BCUT2D eigenvalue weighted by Gasteiger charge is 3.79. The molecule has 0 aromatic carbocycles. The van der Waals surface area contributed by atoms with Crippen molar-refractivity contribution >= 4 is 0 Å². The number of nitro groups is 10. The van der Waals surface area contributed by atoms with Crippen LogP contribution >= 0.6 is 0 Å². The molecule has 0 spiro atoms. The highest BCUT2D eigenvalue weighted by atomic mass is 16.7. The Morgan fingerprint density at radius 2 is 0.250 bits per heavy atom. The summed E-state index contributed by atoms with van der Waals surface area (Å²) < 4.78 is 0. The fourth-order valence-electron chi connectivity index (χ4n) is 11.5. The molecule has 0 heterocycles. The Hall–Kier alpha value is -6.00. The second kappa shape index (κ2) is 4.79. The van der Waals surface area contributed by atoms with E-state index in [2.05, 4.69) is 0 Å². The molecule has 0 unspecified atom stereocenters. The van der Waals surface area contributed by atoms with Crippen LogP contribution in [0.4, 0.5) is 0 Å². The van der Waals surface area contributed by atoms with Gasteiger partial charge in [-0.1, -0.05) is 0 Å². The maximum atomic E-state index is 12.6. The van der Waals surface area contributed by atoms with Gasteiger partial charge in [0.25, 0.3) is 0 Å². The first-order valence-electron chi connectivity index (χ1n) is 9.64. The third kappa shape index (κ3) is 0.861. The van der Waals surface area contributed by atoms with Crippen LogP contribution in [0, 0.1) is 101 Å². The van der Waals surface area contributed by atoms with Crippen molar-refractivity contribution in [2.45, 2.75) is 55.4 Å². The molecule has 0 saturated heterocycles. The van der Waals surface area contributed by atoms with Crippen molar-refractivity contribution in [3.63, 3.8) is 0 Å². The quantitative estimate of drug-likeness (QED) is 0.133. The van der Waals surface area contributed by atoms with Gasteiger partial charge in [0.1, 0.15) is 0 Å². The highest BCUT2D eigenvalue weighted by Crippen LogP contribution is 3.15. The number of hydrogen-bond acceptors (Lipinski definition) is 20. The molecular formula is C10N10O20. The third-order valence-corrected chi connectivity index (χ3v) is 10.6. The van der Waals surface area contributed by atoms with E-state index in [4.69, 9.17) is 0 Å². The lowest BCUT2D eigenvalue weighted by Crippen LogP contribution is -3.23. The molecule has 5 fully saturated rings. The zero-order chi connectivity index (χ0) is 30.8. The topological polar surface area (TPSA) is 431 Å². The van der Waals surface area contributed by atoms with Crippen molar-refractivity contribution in [1.29, 1.82) is 0 Å². The van der Waals surface area contributed by atoms with E-state index in [0.717, 1.165) is 0 Å². The summed E-state index contributed by atoms with van der Waals surface area (Å²) in [5.41, 5.74) is -53.5. The van der Waals surface area contributed by atoms with Gasteiger partial charge in [-0.05, 0) is 0 Å². The van der Waals surface area contributed by atoms with Gasteiger partial charge in [0.15, 0.2) is 0 Å². The number of hydrogen-bond donors (Lipinski definition) is 0. The van der Waals surface area contributed by atoms with Crippen molar-refractivity contribution in [1.82, 2.24) is 0 Å². The molecule has 5 saturated carbocycles. The maximum absolute atomic E-state index is 12.6. The van der Waals surface area contributed by atoms with Crippen LogP contribution in [0.15, 0.2) is 0 Å². The first-order chi connectivity index (χ1) is 18.2. The predicted molar refractivity (Wildman–Crippen MR) is 97.3 cm³/mol. The number of fused-ring (bicyclic) bond motifs is 15. The maximum Gasteiger partial charge on any atom is 0.474 e. The monoisotopic (exact) mass is 580 g/mol. The smallest absolute Gasteiger partial charge is 0.263 e. The molecule has 5 rings (SSSR count). The lowest BCUT2D eigenvalue weighted by Gasteiger charge is -2.63. The first kappa shape index (κ1) is 24.3. The van der Waals surface area contributed by atoms with Gasteiger partial charge in [-0.25, -0.2) is 0 Å². The molecule has 30 nitrogen and oxygen atoms in total. The van der Waals surface area contributed by atoms with Crippen molar-refractivity contribution in [2.24, 2.45) is 0 Å². The Kier molecular flexibility index (Phi) is 2.91. The molecule has 0 bridgehead atoms. The second-order valence-electron chi connectivity index (χ2n) is 9.68. The fraction of sp³-hybridized carbons (Fsp3) is 1.00. The van der Waals surface area contributed by atoms with E-state index in [-0.39, 0.29) is 0 Å². The minimum absolute atomic E-state index is 2.53. The van der Waals surface area contributed by atoms with E-state index in [1.165, 1.54) is 0 Å². The molecule has 210 valence electrons. The van der Waals surface area contributed by atoms with Crippen LogP contribution in [-0.4, -0.2) is 105 Å². The largest absolute Gasteiger partial charge is 0.474 e. The Morgan fingerprint density at radius 1 is 0.200 bits per heavy atom. The summed E-state index contributed by atoms with van der Waals surface area (Å²) in [6, 6.07) is 0. The standard InChI is InChI=1S/C10N10O20/c21-11(22)1-2(12(23)24)5(15(29)30)3(1,13(25)26)7(17(33)34)8(18(35)36)4(1,14(27)28)6(2,16(31)32)10(8,20(39)40)9(5,7)19(37)38. The predicted octanol–water partition coefficient (Wildman–Crippen LogP) is -4.78. The van der Waals surface area contributed by atoms with E-state index in [9.17, 15) is 101 Å². The Labute approximate surface area is 207 Å². The molecule has 0 radical (unpaired) electrons. The molecule has 0 N–H and O–H groups in total. The van der Waals surface area contributed by atoms with E-state index in [1.54, 1.807) is 0 Å². The number of rotatable bonds is 10. The summed E-state index contributed by atoms with van der Waals surface area (Å²) in [6.45, 7) is 0. The van der Waals surface area contributed by atoms with Crippen LogP contribution in [0.25, 0.3) is 0 Å². The average molecular weight is 580 g/mol. The lowest BCUT2D eigenvalue weighted by molar-refractivity contribution is -0.989. The van der Waals surface area contributed by atoms with Crippen LogP contribution in [0.3, 0.4) is 0 Å². The lowest BCUT2D eigenvalue weighted by atomic mass is 9.18. The van der Waals surface area contributed by atoms with Gasteiger partial charge in [-0.2, -0.15) is 0 Å². The molecule has 30 heteroatoms. The van der Waals surface area contributed by atoms with Gasteiger partial charge in [0, 0.05) is 0 Å². The zero-order valence-corrected chi connectivity index (χ0v) is 17.6. The van der Waals surface area contributed by atoms with Gasteiger partial charge in [-0.3, -0.25) is 101 Å². The van der Waals surface area contributed by atoms with Gasteiger partial charge in [-0.15, -0.1) is 0 Å². The van der Waals surface area contributed by atoms with E-state index < -0.39 is 105 Å². The second-order valence-corrected chi connectivity index (χ2v) is 9.68. The summed E-state index contributed by atoms with van der Waals surface area (Å²) in [6.07, 6.45) is 0. The van der Waals surface area contributed by atoms with Crippen molar-refractivity contribution < 1.29 is 49.2 Å². The van der Waals surface area contributed by atoms with E-state index in [1.807, 2.05) is 0 Å². The molecular weight excluding hydrogens is 580 g/mol. The average Bonchev–Trinajstić information content (AvgIpc) is 3.05. The minimum atomic E-state index is -5.35. The van der Waals surface area contributed by atoms with Gasteiger partial charge in [0.2, 0.25) is 0 Å². The van der Waals surface area contributed by atoms with Crippen LogP contribution in [-0.2, 0) is 0 Å². The summed E-state index contributed by atoms with van der Waals surface area (Å²) in [5, 5.41) is 126. The van der Waals surface area contributed by atoms with Crippen LogP contribution in [0.1, 0.15) is 0 Å². The fourth-order valence-corrected chi connectivity index (χ4v) is 11.5. The normalized spacial score (nSPS) is 53.5. The Balaban J connectivity index is 2.15. The molecule has 0 atom stereocenters. The summed E-state index contributed by atoms with van der Waals surface area (Å²) in [4.78, 5) is 100. The van der Waals surface area contributed by atoms with Crippen molar-refractivity contribution in [3.05, 3.63) is 101 Å². The van der Waals surface area contributed by atoms with Crippen LogP contribution in [0.5, 0.6) is 0 Å². The molecule has 0 aromatic rings. The van der Waals surface area contributed by atoms with Crippen molar-refractivity contribution in [2.75, 3.05) is 0 Å². The summed E-state index contributed by atoms with van der Waals surface area (Å²) >= 11 is 0.